The van der Waals surface area contributed by atoms with Crippen molar-refractivity contribution in [3.05, 3.63) is 11.6 Å². The topological polar surface area (TPSA) is 35.5 Å². The zero-order chi connectivity index (χ0) is 8.97. The van der Waals surface area contributed by atoms with Gasteiger partial charge in [0, 0.05) is 6.42 Å². The standard InChI is InChI=1S/C9H14O3/c1-7-3-5-8(6-4-7)12-9(10)11-2/h3,8H,4-6H2,1-2H3. The summed E-state index contributed by atoms with van der Waals surface area (Å²) in [6.07, 6.45) is 4.30. The second-order valence-electron chi connectivity index (χ2n) is 3.02. The SMILES string of the molecule is COC(=O)OC1CC=C(C)CC1. The summed E-state index contributed by atoms with van der Waals surface area (Å²) < 4.78 is 9.38. The minimum Gasteiger partial charge on any atom is -0.438 e. The summed E-state index contributed by atoms with van der Waals surface area (Å²) in [5, 5.41) is 0. The lowest BCUT2D eigenvalue weighted by Gasteiger charge is -2.19. The molecule has 0 N–H and O–H groups in total. The first kappa shape index (κ1) is 9.10. The minimum atomic E-state index is -0.576. The Labute approximate surface area is 72.4 Å². The van der Waals surface area contributed by atoms with E-state index in [-0.39, 0.29) is 6.10 Å². The summed E-state index contributed by atoms with van der Waals surface area (Å²) in [5.41, 5.74) is 1.37. The first-order chi connectivity index (χ1) is 5.72. The maximum Gasteiger partial charge on any atom is 0.508 e. The molecule has 1 rings (SSSR count). The fourth-order valence-electron chi connectivity index (χ4n) is 1.23. The van der Waals surface area contributed by atoms with Crippen LogP contribution in [-0.4, -0.2) is 19.4 Å². The molecule has 0 aromatic rings. The summed E-state index contributed by atoms with van der Waals surface area (Å²) in [6, 6.07) is 0. The van der Waals surface area contributed by atoms with E-state index in [1.807, 2.05) is 0 Å². The summed E-state index contributed by atoms with van der Waals surface area (Å²) in [7, 11) is 1.33. The Hall–Kier alpha value is -0.990. The number of methoxy groups -OCH3 is 1. The summed E-state index contributed by atoms with van der Waals surface area (Å²) >= 11 is 0. The molecule has 0 fully saturated rings. The van der Waals surface area contributed by atoms with E-state index in [4.69, 9.17) is 4.74 Å². The number of carbonyl (C=O) groups excluding carboxylic acids is 1. The van der Waals surface area contributed by atoms with Gasteiger partial charge in [-0.15, -0.1) is 0 Å². The van der Waals surface area contributed by atoms with E-state index in [1.54, 1.807) is 0 Å². The van der Waals surface area contributed by atoms with Gasteiger partial charge in [0.25, 0.3) is 0 Å². The van der Waals surface area contributed by atoms with Crippen molar-refractivity contribution < 1.29 is 14.3 Å². The number of hydrogen-bond donors (Lipinski definition) is 0. The van der Waals surface area contributed by atoms with E-state index in [9.17, 15) is 4.79 Å². The molecule has 0 aromatic heterocycles. The molecule has 1 aliphatic rings. The highest BCUT2D eigenvalue weighted by Gasteiger charge is 2.16. The molecule has 0 amide bonds. The predicted octanol–water partition coefficient (Wildman–Crippen LogP) is 2.27. The van der Waals surface area contributed by atoms with Crippen molar-refractivity contribution in [2.24, 2.45) is 0 Å². The van der Waals surface area contributed by atoms with Gasteiger partial charge in [-0.1, -0.05) is 11.6 Å². The molecule has 3 nitrogen and oxygen atoms in total. The molecule has 1 atom stereocenters. The third kappa shape index (κ3) is 2.57. The third-order valence-corrected chi connectivity index (χ3v) is 2.02. The smallest absolute Gasteiger partial charge is 0.438 e. The molecular formula is C9H14O3. The molecule has 0 saturated heterocycles. The lowest BCUT2D eigenvalue weighted by Crippen LogP contribution is -2.19. The molecule has 0 saturated carbocycles. The maximum atomic E-state index is 10.7. The Balaban J connectivity index is 2.32. The molecule has 0 spiro atoms. The fraction of sp³-hybridized carbons (Fsp3) is 0.667. The number of allylic oxidation sites excluding steroid dienone is 1. The highest BCUT2D eigenvalue weighted by Crippen LogP contribution is 2.20. The Kier molecular flexibility index (Phi) is 3.14. The quantitative estimate of drug-likeness (QED) is 0.447. The largest absolute Gasteiger partial charge is 0.508 e. The highest BCUT2D eigenvalue weighted by atomic mass is 16.7. The Morgan fingerprint density at radius 1 is 1.67 bits per heavy atom. The molecule has 1 aliphatic carbocycles. The zero-order valence-corrected chi connectivity index (χ0v) is 7.50. The van der Waals surface area contributed by atoms with Crippen molar-refractivity contribution in [1.82, 2.24) is 0 Å². The van der Waals surface area contributed by atoms with E-state index in [0.717, 1.165) is 19.3 Å². The third-order valence-electron chi connectivity index (χ3n) is 2.02. The molecule has 0 heterocycles. The van der Waals surface area contributed by atoms with Gasteiger partial charge >= 0.3 is 6.16 Å². The summed E-state index contributed by atoms with van der Waals surface area (Å²) in [5.74, 6) is 0. The number of carbonyl (C=O) groups is 1. The minimum absolute atomic E-state index is 0.0150. The van der Waals surface area contributed by atoms with Crippen molar-refractivity contribution in [2.75, 3.05) is 7.11 Å². The normalized spacial score (nSPS) is 22.8. The Bertz CT molecular complexity index is 196. The van der Waals surface area contributed by atoms with Crippen LogP contribution in [0, 0.1) is 0 Å². The lowest BCUT2D eigenvalue weighted by atomic mass is 9.98. The van der Waals surface area contributed by atoms with E-state index < -0.39 is 6.16 Å². The average Bonchev–Trinajstić information content (AvgIpc) is 2.09. The highest BCUT2D eigenvalue weighted by molar-refractivity contribution is 5.59. The van der Waals surface area contributed by atoms with Crippen LogP contribution in [0.4, 0.5) is 4.79 Å². The van der Waals surface area contributed by atoms with Crippen molar-refractivity contribution in [1.29, 1.82) is 0 Å². The molecule has 68 valence electrons. The first-order valence-corrected chi connectivity index (χ1v) is 4.12. The van der Waals surface area contributed by atoms with Crippen LogP contribution in [0.1, 0.15) is 26.2 Å². The van der Waals surface area contributed by atoms with Crippen LogP contribution in [-0.2, 0) is 9.47 Å². The van der Waals surface area contributed by atoms with Crippen LogP contribution in [0.2, 0.25) is 0 Å². The molecule has 0 bridgehead atoms. The van der Waals surface area contributed by atoms with Gasteiger partial charge in [0.15, 0.2) is 0 Å². The Morgan fingerprint density at radius 3 is 2.92 bits per heavy atom. The van der Waals surface area contributed by atoms with Gasteiger partial charge < -0.3 is 9.47 Å². The monoisotopic (exact) mass is 170 g/mol. The lowest BCUT2D eigenvalue weighted by molar-refractivity contribution is 0.0334. The van der Waals surface area contributed by atoms with E-state index in [2.05, 4.69) is 17.7 Å². The van der Waals surface area contributed by atoms with Gasteiger partial charge in [0.05, 0.1) is 7.11 Å². The van der Waals surface area contributed by atoms with Crippen LogP contribution in [0.15, 0.2) is 11.6 Å². The first-order valence-electron chi connectivity index (χ1n) is 4.12. The fourth-order valence-corrected chi connectivity index (χ4v) is 1.23. The maximum absolute atomic E-state index is 10.7. The zero-order valence-electron chi connectivity index (χ0n) is 7.50. The van der Waals surface area contributed by atoms with Gasteiger partial charge in [-0.3, -0.25) is 0 Å². The van der Waals surface area contributed by atoms with Crippen LogP contribution in [0.5, 0.6) is 0 Å². The van der Waals surface area contributed by atoms with E-state index in [1.165, 1.54) is 12.7 Å². The van der Waals surface area contributed by atoms with Gasteiger partial charge in [0.2, 0.25) is 0 Å². The van der Waals surface area contributed by atoms with Crippen molar-refractivity contribution in [3.8, 4) is 0 Å². The van der Waals surface area contributed by atoms with Crippen LogP contribution in [0.25, 0.3) is 0 Å². The van der Waals surface area contributed by atoms with Gasteiger partial charge in [-0.2, -0.15) is 0 Å². The second-order valence-corrected chi connectivity index (χ2v) is 3.02. The number of rotatable bonds is 1. The summed E-state index contributed by atoms with van der Waals surface area (Å²) in [6.45, 7) is 2.09. The second kappa shape index (κ2) is 4.14. The summed E-state index contributed by atoms with van der Waals surface area (Å²) in [4.78, 5) is 10.7. The van der Waals surface area contributed by atoms with Crippen LogP contribution in [0.3, 0.4) is 0 Å². The van der Waals surface area contributed by atoms with Gasteiger partial charge in [0.1, 0.15) is 6.10 Å². The molecule has 1 unspecified atom stereocenters. The van der Waals surface area contributed by atoms with Gasteiger partial charge in [-0.25, -0.2) is 4.79 Å². The van der Waals surface area contributed by atoms with Crippen LogP contribution >= 0.6 is 0 Å². The van der Waals surface area contributed by atoms with E-state index in [0.29, 0.717) is 0 Å². The average molecular weight is 170 g/mol. The van der Waals surface area contributed by atoms with Crippen molar-refractivity contribution in [3.63, 3.8) is 0 Å². The number of hydrogen-bond acceptors (Lipinski definition) is 3. The predicted molar refractivity (Wildman–Crippen MR) is 44.9 cm³/mol. The molecule has 12 heavy (non-hydrogen) atoms. The van der Waals surface area contributed by atoms with Crippen LogP contribution < -0.4 is 0 Å². The van der Waals surface area contributed by atoms with Crippen molar-refractivity contribution in [2.45, 2.75) is 32.3 Å². The van der Waals surface area contributed by atoms with Crippen molar-refractivity contribution >= 4 is 6.16 Å². The molecular weight excluding hydrogens is 156 g/mol. The number of ether oxygens (including phenoxy) is 2. The molecule has 0 aromatic carbocycles. The van der Waals surface area contributed by atoms with Gasteiger partial charge in [-0.05, 0) is 19.8 Å². The Morgan fingerprint density at radius 2 is 2.42 bits per heavy atom. The molecule has 3 heteroatoms. The molecule has 0 radical (unpaired) electrons. The molecule has 0 aliphatic heterocycles. The van der Waals surface area contributed by atoms with E-state index >= 15 is 0 Å².